The molecule has 0 radical (unpaired) electrons. The third-order valence-corrected chi connectivity index (χ3v) is 2.77. The van der Waals surface area contributed by atoms with E-state index in [1.54, 1.807) is 12.3 Å². The number of hydrogen-bond acceptors (Lipinski definition) is 4. The second-order valence-corrected chi connectivity index (χ2v) is 4.03. The van der Waals surface area contributed by atoms with Gasteiger partial charge in [0.1, 0.15) is 5.52 Å². The number of nitro groups is 1. The van der Waals surface area contributed by atoms with E-state index in [1.165, 1.54) is 18.3 Å². The molecule has 0 unspecified atom stereocenters. The number of H-pyrrole nitrogens is 1. The topological polar surface area (TPSA) is 81.1 Å². The lowest BCUT2D eigenvalue weighted by atomic mass is 10.3. The molecule has 0 aliphatic carbocycles. The largest absolute Gasteiger partial charge is 0.434 e. The Balaban J connectivity index is 0.000000847. The quantitative estimate of drug-likeness (QED) is 0.573. The maximum Gasteiger partial charge on any atom is 0.272 e. The highest BCUT2D eigenvalue weighted by Gasteiger charge is 2.14. The van der Waals surface area contributed by atoms with Gasteiger partial charge in [0.05, 0.1) is 11.0 Å². The number of benzene rings is 1. The molecule has 22 heavy (non-hydrogen) atoms. The molecule has 6 nitrogen and oxygen atoms in total. The van der Waals surface area contributed by atoms with Crippen molar-refractivity contribution >= 4 is 16.6 Å². The van der Waals surface area contributed by atoms with Crippen LogP contribution in [0.3, 0.4) is 0 Å². The average molecular weight is 303 g/mol. The number of aromatic nitrogens is 2. The van der Waals surface area contributed by atoms with Gasteiger partial charge in [0, 0.05) is 23.8 Å². The zero-order valence-corrected chi connectivity index (χ0v) is 12.0. The normalized spacial score (nSPS) is 9.95. The van der Waals surface area contributed by atoms with Crippen molar-refractivity contribution < 1.29 is 14.1 Å². The molecule has 0 amide bonds. The lowest BCUT2D eigenvalue weighted by molar-refractivity contribution is -0.385. The predicted molar refractivity (Wildman–Crippen MR) is 80.6 cm³/mol. The zero-order chi connectivity index (χ0) is 16.1. The van der Waals surface area contributed by atoms with E-state index in [0.717, 1.165) is 11.5 Å². The van der Waals surface area contributed by atoms with Crippen molar-refractivity contribution in [2.75, 3.05) is 0 Å². The van der Waals surface area contributed by atoms with Gasteiger partial charge in [-0.2, -0.15) is 0 Å². The summed E-state index contributed by atoms with van der Waals surface area (Å²) in [6.45, 7) is 4.00. The van der Waals surface area contributed by atoms with E-state index in [2.05, 4.69) is 9.97 Å². The summed E-state index contributed by atoms with van der Waals surface area (Å²) in [5.74, 6) is -0.727. The summed E-state index contributed by atoms with van der Waals surface area (Å²) >= 11 is 0. The molecule has 0 saturated carbocycles. The van der Waals surface area contributed by atoms with Crippen LogP contribution in [0.15, 0.2) is 42.7 Å². The molecule has 0 aliphatic heterocycles. The average Bonchev–Trinajstić information content (AvgIpc) is 3.00. The first-order valence-electron chi connectivity index (χ1n) is 6.69. The van der Waals surface area contributed by atoms with Crippen LogP contribution >= 0.6 is 0 Å². The van der Waals surface area contributed by atoms with E-state index in [4.69, 9.17) is 4.74 Å². The molecule has 0 fully saturated rings. The van der Waals surface area contributed by atoms with Crippen molar-refractivity contribution in [2.24, 2.45) is 0 Å². The lowest BCUT2D eigenvalue weighted by Crippen LogP contribution is -1.94. The first-order valence-corrected chi connectivity index (χ1v) is 6.69. The van der Waals surface area contributed by atoms with Crippen LogP contribution in [0.2, 0.25) is 0 Å². The van der Waals surface area contributed by atoms with Crippen molar-refractivity contribution in [1.29, 1.82) is 0 Å². The fourth-order valence-corrected chi connectivity index (χ4v) is 1.82. The molecule has 3 aromatic rings. The van der Waals surface area contributed by atoms with Gasteiger partial charge in [-0.05, 0) is 18.2 Å². The number of fused-ring (bicyclic) bond motifs is 1. The second kappa shape index (κ2) is 6.66. The van der Waals surface area contributed by atoms with Gasteiger partial charge in [-0.1, -0.05) is 13.8 Å². The summed E-state index contributed by atoms with van der Waals surface area (Å²) in [5.41, 5.74) is 0.297. The molecule has 0 saturated heterocycles. The monoisotopic (exact) mass is 303 g/mol. The van der Waals surface area contributed by atoms with Gasteiger partial charge in [0.15, 0.2) is 11.6 Å². The molecule has 0 spiro atoms. The Morgan fingerprint density at radius 2 is 2.05 bits per heavy atom. The highest BCUT2D eigenvalue weighted by Crippen LogP contribution is 2.29. The molecule has 2 heterocycles. The lowest BCUT2D eigenvalue weighted by Gasteiger charge is -2.06. The predicted octanol–water partition coefficient (Wildman–Crippen LogP) is 4.43. The number of nitro benzene ring substituents is 1. The molecule has 3 rings (SSSR count). The standard InChI is InChI=1S/C13H8FN3O3.C2H6/c14-10-7-9(17(18)19)1-2-11(10)20-13-12-8(3-5-15-12)4-6-16-13;1-2/h1-7,15H;1-2H3. The van der Waals surface area contributed by atoms with Gasteiger partial charge in [0.2, 0.25) is 5.88 Å². The highest BCUT2D eigenvalue weighted by molar-refractivity contribution is 5.83. The third-order valence-electron chi connectivity index (χ3n) is 2.77. The highest BCUT2D eigenvalue weighted by atomic mass is 19.1. The van der Waals surface area contributed by atoms with Gasteiger partial charge < -0.3 is 9.72 Å². The fraction of sp³-hybridized carbons (Fsp3) is 0.133. The number of non-ortho nitro benzene ring substituents is 1. The van der Waals surface area contributed by atoms with Crippen molar-refractivity contribution in [1.82, 2.24) is 9.97 Å². The van der Waals surface area contributed by atoms with Crippen LogP contribution in [0.5, 0.6) is 11.6 Å². The number of rotatable bonds is 3. The maximum absolute atomic E-state index is 13.8. The number of nitrogens with one attached hydrogen (secondary N) is 1. The fourth-order valence-electron chi connectivity index (χ4n) is 1.82. The summed E-state index contributed by atoms with van der Waals surface area (Å²) in [6.07, 6.45) is 3.25. The molecular formula is C15H14FN3O3. The van der Waals surface area contributed by atoms with Crippen LogP contribution in [0.1, 0.15) is 13.8 Å². The molecule has 1 aromatic carbocycles. The zero-order valence-electron chi connectivity index (χ0n) is 12.0. The number of halogens is 1. The number of hydrogen-bond donors (Lipinski definition) is 1. The molecular weight excluding hydrogens is 289 g/mol. The van der Waals surface area contributed by atoms with E-state index in [0.29, 0.717) is 5.52 Å². The Kier molecular flexibility index (Phi) is 4.67. The summed E-state index contributed by atoms with van der Waals surface area (Å²) < 4.78 is 19.1. The molecule has 2 aromatic heterocycles. The number of ether oxygens (including phenoxy) is 1. The SMILES string of the molecule is CC.O=[N+]([O-])c1ccc(Oc2nccc3cc[nH]c23)c(F)c1. The van der Waals surface area contributed by atoms with Crippen molar-refractivity contribution in [3.05, 3.63) is 58.7 Å². The van der Waals surface area contributed by atoms with Gasteiger partial charge >= 0.3 is 0 Å². The molecule has 1 N–H and O–H groups in total. The third kappa shape index (κ3) is 3.03. The van der Waals surface area contributed by atoms with Crippen LogP contribution in [-0.2, 0) is 0 Å². The Labute approximate surface area is 125 Å². The van der Waals surface area contributed by atoms with Crippen molar-refractivity contribution in [3.8, 4) is 11.6 Å². The number of aromatic amines is 1. The summed E-state index contributed by atoms with van der Waals surface area (Å²) in [7, 11) is 0. The van der Waals surface area contributed by atoms with E-state index in [-0.39, 0.29) is 17.3 Å². The van der Waals surface area contributed by atoms with Gasteiger partial charge in [-0.15, -0.1) is 0 Å². The molecule has 7 heteroatoms. The summed E-state index contributed by atoms with van der Waals surface area (Å²) in [5, 5.41) is 11.4. The van der Waals surface area contributed by atoms with Crippen molar-refractivity contribution in [2.45, 2.75) is 13.8 Å². The van der Waals surface area contributed by atoms with E-state index in [1.807, 2.05) is 19.9 Å². The van der Waals surface area contributed by atoms with Crippen molar-refractivity contribution in [3.63, 3.8) is 0 Å². The van der Waals surface area contributed by atoms with Crippen LogP contribution in [0, 0.1) is 15.9 Å². The maximum atomic E-state index is 13.8. The minimum absolute atomic E-state index is 0.120. The first-order chi connectivity index (χ1) is 10.6. The van der Waals surface area contributed by atoms with Crippen LogP contribution in [0.25, 0.3) is 10.9 Å². The van der Waals surface area contributed by atoms with Crippen LogP contribution in [0.4, 0.5) is 10.1 Å². The van der Waals surface area contributed by atoms with E-state index >= 15 is 0 Å². The smallest absolute Gasteiger partial charge is 0.272 e. The minimum atomic E-state index is -0.815. The molecule has 0 aliphatic rings. The Morgan fingerprint density at radius 3 is 2.73 bits per heavy atom. The summed E-state index contributed by atoms with van der Waals surface area (Å²) in [4.78, 5) is 16.8. The molecule has 114 valence electrons. The number of nitrogens with zero attached hydrogens (tertiary/aromatic N) is 2. The van der Waals surface area contributed by atoms with Gasteiger partial charge in [-0.25, -0.2) is 9.37 Å². The number of pyridine rings is 1. The Morgan fingerprint density at radius 1 is 1.27 bits per heavy atom. The Hall–Kier alpha value is -2.96. The van der Waals surface area contributed by atoms with Gasteiger partial charge in [-0.3, -0.25) is 10.1 Å². The van der Waals surface area contributed by atoms with Crippen LogP contribution < -0.4 is 4.74 Å². The Bertz CT molecular complexity index is 802. The second-order valence-electron chi connectivity index (χ2n) is 4.03. The molecule has 0 atom stereocenters. The summed E-state index contributed by atoms with van der Waals surface area (Å²) in [6, 6.07) is 6.80. The molecule has 0 bridgehead atoms. The van der Waals surface area contributed by atoms with Gasteiger partial charge in [0.25, 0.3) is 5.69 Å². The first kappa shape index (κ1) is 15.4. The van der Waals surface area contributed by atoms with E-state index < -0.39 is 10.7 Å². The van der Waals surface area contributed by atoms with E-state index in [9.17, 15) is 14.5 Å². The minimum Gasteiger partial charge on any atom is -0.434 e. The van der Waals surface area contributed by atoms with Crippen LogP contribution in [-0.4, -0.2) is 14.9 Å².